The molecule has 0 saturated carbocycles. The average Bonchev–Trinajstić information content (AvgIpc) is 3.28. The maximum atomic E-state index is 12.7. The summed E-state index contributed by atoms with van der Waals surface area (Å²) in [4.78, 5) is 19.2. The first kappa shape index (κ1) is 20.2. The molecule has 1 saturated heterocycles. The van der Waals surface area contributed by atoms with E-state index in [1.54, 1.807) is 12.5 Å². The van der Waals surface area contributed by atoms with Crippen LogP contribution >= 0.6 is 0 Å². The summed E-state index contributed by atoms with van der Waals surface area (Å²) in [6, 6.07) is 16.3. The summed E-state index contributed by atoms with van der Waals surface area (Å²) < 4.78 is 2.01. The second-order valence-corrected chi connectivity index (χ2v) is 8.39. The van der Waals surface area contributed by atoms with Gasteiger partial charge in [-0.1, -0.05) is 31.2 Å². The number of rotatable bonds is 6. The van der Waals surface area contributed by atoms with Gasteiger partial charge in [0.05, 0.1) is 12.4 Å². The van der Waals surface area contributed by atoms with Gasteiger partial charge >= 0.3 is 0 Å². The quantitative estimate of drug-likeness (QED) is 0.652. The molecule has 0 aliphatic carbocycles. The normalized spacial score (nSPS) is 15.7. The van der Waals surface area contributed by atoms with Gasteiger partial charge in [-0.05, 0) is 61.1 Å². The molecule has 0 spiro atoms. The molecule has 0 unspecified atom stereocenters. The van der Waals surface area contributed by atoms with Crippen molar-refractivity contribution in [3.05, 3.63) is 83.9 Å². The van der Waals surface area contributed by atoms with Gasteiger partial charge in [0.25, 0.3) is 5.91 Å². The van der Waals surface area contributed by atoms with Crippen molar-refractivity contribution in [3.63, 3.8) is 0 Å². The van der Waals surface area contributed by atoms with E-state index in [2.05, 4.69) is 46.4 Å². The van der Waals surface area contributed by atoms with Gasteiger partial charge in [0, 0.05) is 43.3 Å². The van der Waals surface area contributed by atoms with Crippen LogP contribution in [0.25, 0.3) is 0 Å². The Kier molecular flexibility index (Phi) is 6.17. The Bertz CT molecular complexity index is 940. The second kappa shape index (κ2) is 9.16. The number of hydrogen-bond donors (Lipinski definition) is 1. The molecule has 4 rings (SSSR count). The molecule has 1 aromatic heterocycles. The van der Waals surface area contributed by atoms with Crippen LogP contribution in [-0.2, 0) is 6.54 Å². The number of amides is 1. The van der Waals surface area contributed by atoms with Crippen molar-refractivity contribution in [3.8, 4) is 0 Å². The third-order valence-electron chi connectivity index (χ3n) is 6.03. The molecular weight excluding hydrogens is 372 g/mol. The lowest BCUT2D eigenvalue weighted by Crippen LogP contribution is -2.32. The minimum atomic E-state index is -0.0502. The van der Waals surface area contributed by atoms with Gasteiger partial charge in [0.1, 0.15) is 0 Å². The van der Waals surface area contributed by atoms with Gasteiger partial charge in [-0.3, -0.25) is 4.79 Å². The SMILES string of the molecule is CC1CCN(c2ccc([C@H](C)NC(=O)c3ccc(Cn4ccnc4)cc3)cc2)CC1. The summed E-state index contributed by atoms with van der Waals surface area (Å²) in [7, 11) is 0. The first-order chi connectivity index (χ1) is 14.6. The molecule has 2 aromatic carbocycles. The molecule has 5 nitrogen and oxygen atoms in total. The monoisotopic (exact) mass is 402 g/mol. The summed E-state index contributed by atoms with van der Waals surface area (Å²) in [5.74, 6) is 0.779. The number of hydrogen-bond acceptors (Lipinski definition) is 3. The molecular formula is C25H30N4O. The van der Waals surface area contributed by atoms with Crippen molar-refractivity contribution in [1.82, 2.24) is 14.9 Å². The number of carbonyl (C=O) groups is 1. The predicted octanol–water partition coefficient (Wildman–Crippen LogP) is 4.66. The van der Waals surface area contributed by atoms with E-state index in [-0.39, 0.29) is 11.9 Å². The Hall–Kier alpha value is -3.08. The standard InChI is InChI=1S/C25H30N4O/c1-19-11-14-29(15-12-19)24-9-7-22(8-10-24)20(2)27-25(30)23-5-3-21(4-6-23)17-28-16-13-26-18-28/h3-10,13,16,18-20H,11-12,14-15,17H2,1-2H3,(H,27,30)/t20-/m0/s1. The fourth-order valence-electron chi connectivity index (χ4n) is 3.96. The molecule has 3 aromatic rings. The van der Waals surface area contributed by atoms with Gasteiger partial charge in [-0.25, -0.2) is 4.98 Å². The summed E-state index contributed by atoms with van der Waals surface area (Å²) >= 11 is 0. The Morgan fingerprint density at radius 1 is 1.10 bits per heavy atom. The van der Waals surface area contributed by atoms with E-state index in [4.69, 9.17) is 0 Å². The minimum absolute atomic E-state index is 0.0430. The zero-order chi connectivity index (χ0) is 20.9. The van der Waals surface area contributed by atoms with E-state index in [0.717, 1.165) is 36.7 Å². The lowest BCUT2D eigenvalue weighted by Gasteiger charge is -2.32. The van der Waals surface area contributed by atoms with Gasteiger partial charge in [-0.2, -0.15) is 0 Å². The maximum Gasteiger partial charge on any atom is 0.251 e. The highest BCUT2D eigenvalue weighted by Crippen LogP contribution is 2.24. The Balaban J connectivity index is 1.33. The third-order valence-corrected chi connectivity index (χ3v) is 6.03. The topological polar surface area (TPSA) is 50.2 Å². The Morgan fingerprint density at radius 3 is 2.43 bits per heavy atom. The van der Waals surface area contributed by atoms with E-state index in [1.807, 2.05) is 42.0 Å². The number of aromatic nitrogens is 2. The first-order valence-corrected chi connectivity index (χ1v) is 10.8. The van der Waals surface area contributed by atoms with Crippen molar-refractivity contribution < 1.29 is 4.79 Å². The largest absolute Gasteiger partial charge is 0.372 e. The van der Waals surface area contributed by atoms with Crippen LogP contribution in [-0.4, -0.2) is 28.5 Å². The molecule has 1 aliphatic rings. The molecule has 5 heteroatoms. The number of nitrogens with zero attached hydrogens (tertiary/aromatic N) is 3. The Labute approximate surface area is 178 Å². The number of anilines is 1. The zero-order valence-electron chi connectivity index (χ0n) is 17.8. The fourth-order valence-corrected chi connectivity index (χ4v) is 3.96. The van der Waals surface area contributed by atoms with Gasteiger partial charge in [0.15, 0.2) is 0 Å². The molecule has 2 heterocycles. The molecule has 1 fully saturated rings. The van der Waals surface area contributed by atoms with Crippen LogP contribution in [0.2, 0.25) is 0 Å². The zero-order valence-corrected chi connectivity index (χ0v) is 17.8. The van der Waals surface area contributed by atoms with Crippen molar-refractivity contribution in [1.29, 1.82) is 0 Å². The summed E-state index contributed by atoms with van der Waals surface area (Å²) in [5, 5.41) is 3.11. The van der Waals surface area contributed by atoms with Crippen molar-refractivity contribution in [2.75, 3.05) is 18.0 Å². The number of piperidine rings is 1. The van der Waals surface area contributed by atoms with Gasteiger partial charge < -0.3 is 14.8 Å². The highest BCUT2D eigenvalue weighted by atomic mass is 16.1. The fraction of sp³-hybridized carbons (Fsp3) is 0.360. The van der Waals surface area contributed by atoms with E-state index < -0.39 is 0 Å². The third kappa shape index (κ3) is 4.90. The van der Waals surface area contributed by atoms with Crippen LogP contribution in [0.15, 0.2) is 67.3 Å². The highest BCUT2D eigenvalue weighted by molar-refractivity contribution is 5.94. The Morgan fingerprint density at radius 2 is 1.80 bits per heavy atom. The van der Waals surface area contributed by atoms with Gasteiger partial charge in [0.2, 0.25) is 0 Å². The van der Waals surface area contributed by atoms with E-state index in [0.29, 0.717) is 5.56 Å². The highest BCUT2D eigenvalue weighted by Gasteiger charge is 2.17. The van der Waals surface area contributed by atoms with Crippen LogP contribution in [0, 0.1) is 5.92 Å². The summed E-state index contributed by atoms with van der Waals surface area (Å²) in [6.07, 6.45) is 8.01. The predicted molar refractivity (Wildman–Crippen MR) is 121 cm³/mol. The number of benzene rings is 2. The lowest BCUT2D eigenvalue weighted by molar-refractivity contribution is 0.0940. The minimum Gasteiger partial charge on any atom is -0.372 e. The van der Waals surface area contributed by atoms with E-state index >= 15 is 0 Å². The smallest absolute Gasteiger partial charge is 0.251 e. The molecule has 0 radical (unpaired) electrons. The van der Waals surface area contributed by atoms with E-state index in [1.165, 1.54) is 18.5 Å². The summed E-state index contributed by atoms with van der Waals surface area (Å²) in [6.45, 7) is 7.37. The first-order valence-electron chi connectivity index (χ1n) is 10.8. The van der Waals surface area contributed by atoms with Crippen LogP contribution < -0.4 is 10.2 Å². The van der Waals surface area contributed by atoms with Crippen molar-refractivity contribution in [2.24, 2.45) is 5.92 Å². The molecule has 0 bridgehead atoms. The van der Waals surface area contributed by atoms with E-state index in [9.17, 15) is 4.79 Å². The van der Waals surface area contributed by atoms with Crippen LogP contribution in [0.4, 0.5) is 5.69 Å². The molecule has 156 valence electrons. The number of nitrogens with one attached hydrogen (secondary N) is 1. The molecule has 1 amide bonds. The van der Waals surface area contributed by atoms with Crippen LogP contribution in [0.5, 0.6) is 0 Å². The molecule has 1 aliphatic heterocycles. The average molecular weight is 403 g/mol. The van der Waals surface area contributed by atoms with Crippen molar-refractivity contribution >= 4 is 11.6 Å². The number of carbonyl (C=O) groups excluding carboxylic acids is 1. The van der Waals surface area contributed by atoms with Crippen molar-refractivity contribution in [2.45, 2.75) is 39.3 Å². The van der Waals surface area contributed by atoms with Crippen LogP contribution in [0.1, 0.15) is 54.2 Å². The van der Waals surface area contributed by atoms with Gasteiger partial charge in [-0.15, -0.1) is 0 Å². The van der Waals surface area contributed by atoms with Crippen LogP contribution in [0.3, 0.4) is 0 Å². The molecule has 1 atom stereocenters. The molecule has 1 N–H and O–H groups in total. The summed E-state index contributed by atoms with van der Waals surface area (Å²) in [5.41, 5.74) is 4.21. The lowest BCUT2D eigenvalue weighted by atomic mass is 9.98. The number of imidazole rings is 1. The maximum absolute atomic E-state index is 12.7. The molecule has 30 heavy (non-hydrogen) atoms. The second-order valence-electron chi connectivity index (χ2n) is 8.39.